The van der Waals surface area contributed by atoms with Gasteiger partial charge in [0.05, 0.1) is 42.4 Å². The Kier molecular flexibility index (Phi) is 25.2. The van der Waals surface area contributed by atoms with Crippen molar-refractivity contribution in [1.29, 1.82) is 0 Å². The first-order chi connectivity index (χ1) is 44.2. The topological polar surface area (TPSA) is 252 Å². The van der Waals surface area contributed by atoms with Crippen molar-refractivity contribution in [1.82, 2.24) is 58.4 Å². The van der Waals surface area contributed by atoms with Crippen LogP contribution in [0.1, 0.15) is 78.2 Å². The van der Waals surface area contributed by atoms with Crippen molar-refractivity contribution in [2.24, 2.45) is 0 Å². The van der Waals surface area contributed by atoms with E-state index in [0.717, 1.165) is 52.4 Å². The summed E-state index contributed by atoms with van der Waals surface area (Å²) in [6.07, 6.45) is 7.43. The summed E-state index contributed by atoms with van der Waals surface area (Å²) < 4.78 is 121. The van der Waals surface area contributed by atoms with Gasteiger partial charge in [0.15, 0.2) is 0 Å². The maximum atomic E-state index is 13.8. The van der Waals surface area contributed by atoms with Crippen LogP contribution in [0.4, 0.5) is 0 Å². The third kappa shape index (κ3) is 17.4. The summed E-state index contributed by atoms with van der Waals surface area (Å²) in [4.78, 5) is 30.2. The Morgan fingerprint density at radius 1 is 0.301 bits per heavy atom. The number of hydrogen-bond donors (Lipinski definition) is 4. The van der Waals surface area contributed by atoms with Crippen LogP contribution in [0.15, 0.2) is 141 Å². The molecule has 8 bridgehead atoms. The van der Waals surface area contributed by atoms with Crippen molar-refractivity contribution < 1.29 is 53.1 Å². The molecule has 0 saturated carbocycles. The second-order valence-electron chi connectivity index (χ2n) is 22.2. The monoisotopic (exact) mass is 1390 g/mol. The van der Waals surface area contributed by atoms with Crippen LogP contribution in [0, 0.1) is 0 Å². The second-order valence-corrected chi connectivity index (χ2v) is 29.2. The molecule has 490 valence electrons. The van der Waals surface area contributed by atoms with E-state index in [1.165, 1.54) is 0 Å². The van der Waals surface area contributed by atoms with E-state index in [-0.39, 0.29) is 65.2 Å². The van der Waals surface area contributed by atoms with Gasteiger partial charge in [0.2, 0.25) is 40.1 Å². The van der Waals surface area contributed by atoms with E-state index in [2.05, 4.69) is 38.5 Å². The Morgan fingerprint density at radius 3 is 0.742 bits per heavy atom. The predicted octanol–water partition coefficient (Wildman–Crippen LogP) is 9.06. The van der Waals surface area contributed by atoms with Gasteiger partial charge in [-0.15, -0.1) is 22.1 Å². The fourth-order valence-corrected chi connectivity index (χ4v) is 15.4. The molecule has 2 aliphatic rings. The Bertz CT molecular complexity index is 4230. The van der Waals surface area contributed by atoms with E-state index in [4.69, 9.17) is 19.9 Å². The molecule has 0 radical (unpaired) electrons. The van der Waals surface area contributed by atoms with Gasteiger partial charge in [-0.1, -0.05) is 128 Å². The van der Waals surface area contributed by atoms with E-state index >= 15 is 0 Å². The van der Waals surface area contributed by atoms with Crippen LogP contribution in [-0.2, 0) is 59.6 Å². The van der Waals surface area contributed by atoms with E-state index < -0.39 is 40.1 Å². The van der Waals surface area contributed by atoms with Crippen molar-refractivity contribution in [3.05, 3.63) is 144 Å². The molecule has 25 heteroatoms. The van der Waals surface area contributed by atoms with Gasteiger partial charge in [0, 0.05) is 57.9 Å². The SMILES string of the molecule is CCN(CC)CCNS(=O)(=O)c1ccc(-c2c3nc(c(-c4ccc(S(=O)(=O)NCCN(CC)CC)cc4)c4ccc([n-]4)c(-c4ccc(S(=O)(=O)NCCN(CC)CC)cc4)c4ccc([n-]4)c(-c4ccc(S(=O)(=O)NCCN(CC)CC)cc4)c4nc2C=C4)C=C3)cc1.[Zn+2]. The van der Waals surface area contributed by atoms with Crippen molar-refractivity contribution in [2.45, 2.75) is 75.0 Å². The molecule has 4 N–H and O–H groups in total. The van der Waals surface area contributed by atoms with Gasteiger partial charge in [0.25, 0.3) is 0 Å². The van der Waals surface area contributed by atoms with E-state index in [1.807, 2.05) is 104 Å². The van der Waals surface area contributed by atoms with Gasteiger partial charge < -0.3 is 29.6 Å². The summed E-state index contributed by atoms with van der Waals surface area (Å²) in [6.45, 7) is 25.6. The van der Waals surface area contributed by atoms with Crippen LogP contribution >= 0.6 is 0 Å². The Balaban J connectivity index is 0.0000111. The fraction of sp³-hybridized carbons (Fsp3) is 0.353. The second kappa shape index (κ2) is 32.3. The number of benzene rings is 4. The van der Waals surface area contributed by atoms with E-state index in [0.29, 0.717) is 116 Å². The summed E-state index contributed by atoms with van der Waals surface area (Å²) in [5, 5.41) is 0. The molecule has 5 heterocycles. The number of fused-ring (bicyclic) bond motifs is 8. The molecule has 93 heavy (non-hydrogen) atoms. The Morgan fingerprint density at radius 2 is 0.505 bits per heavy atom. The first-order valence-corrected chi connectivity index (χ1v) is 37.5. The number of hydrogen-bond acceptors (Lipinski definition) is 14. The molecule has 0 aliphatic carbocycles. The van der Waals surface area contributed by atoms with Crippen LogP contribution in [0.3, 0.4) is 0 Å². The van der Waals surface area contributed by atoms with Crippen LogP contribution < -0.4 is 28.9 Å². The van der Waals surface area contributed by atoms with Crippen molar-refractivity contribution in [3.8, 4) is 44.5 Å². The maximum absolute atomic E-state index is 13.8. The zero-order valence-electron chi connectivity index (χ0n) is 54.4. The molecule has 7 aromatic rings. The smallest absolute Gasteiger partial charge is 0.657 e. The maximum Gasteiger partial charge on any atom is 2.00 e. The summed E-state index contributed by atoms with van der Waals surface area (Å²) in [7, 11) is -15.6. The number of rotatable bonds is 32. The first kappa shape index (κ1) is 72.4. The van der Waals surface area contributed by atoms with Crippen molar-refractivity contribution in [3.63, 3.8) is 0 Å². The number of nitrogens with zero attached hydrogens (tertiary/aromatic N) is 8. The molecule has 2 aliphatic heterocycles. The number of likely N-dealkylation sites (N-methyl/N-ethyl adjacent to an activating group) is 4. The minimum atomic E-state index is -3.91. The average molecular weight is 1390 g/mol. The minimum Gasteiger partial charge on any atom is -0.657 e. The molecule has 0 atom stereocenters. The molecule has 0 fully saturated rings. The Hall–Kier alpha value is -6.42. The van der Waals surface area contributed by atoms with Crippen LogP contribution in [0.25, 0.3) is 90.9 Å². The molecule has 20 nitrogen and oxygen atoms in total. The standard InChI is InChI=1S/C68H84N12O8S4.Zn/c1-9-77(10-2)45-41-69-89(81,82)53-25-17-49(18-26-53)65-57-33-35-59(73-57)66(50-19-27-54(28-20-50)90(83,84)70-42-46-78(11-3)12-4)61-37-39-63(75-61)68(52-23-31-56(32-24-52)92(87,88)72-44-48-80(15-7)16-8)64-40-38-62(76-64)67(60-36-34-58(65)74-60)51-21-29-55(30-22-51)91(85,86)71-43-47-79(13-5)14-6;/h17-40,69-72H,9-16,41-48H2,1-8H3;/q-2;+2. The third-order valence-electron chi connectivity index (χ3n) is 16.9. The molecule has 4 aromatic carbocycles. The quantitative estimate of drug-likeness (QED) is 0.0287. The zero-order valence-corrected chi connectivity index (χ0v) is 60.6. The largest absolute Gasteiger partial charge is 2.00 e. The number of sulfonamides is 4. The summed E-state index contributed by atoms with van der Waals surface area (Å²) in [5.41, 5.74) is 8.51. The van der Waals surface area contributed by atoms with E-state index in [9.17, 15) is 33.7 Å². The summed E-state index contributed by atoms with van der Waals surface area (Å²) in [6, 6.07) is 33.7. The van der Waals surface area contributed by atoms with Crippen LogP contribution in [0.5, 0.6) is 0 Å². The molecule has 0 saturated heterocycles. The van der Waals surface area contributed by atoms with Crippen molar-refractivity contribution >= 4 is 86.5 Å². The van der Waals surface area contributed by atoms with Gasteiger partial charge in [-0.2, -0.15) is 0 Å². The van der Waals surface area contributed by atoms with Crippen LogP contribution in [0.2, 0.25) is 0 Å². The third-order valence-corrected chi connectivity index (χ3v) is 22.8. The molecule has 0 amide bonds. The normalized spacial score (nSPS) is 12.9. The van der Waals surface area contributed by atoms with Gasteiger partial charge in [-0.05, 0) is 164 Å². The van der Waals surface area contributed by atoms with E-state index in [1.54, 1.807) is 97.1 Å². The zero-order chi connectivity index (χ0) is 65.8. The van der Waals surface area contributed by atoms with Gasteiger partial charge in [0.1, 0.15) is 0 Å². The molecule has 9 rings (SSSR count). The first-order valence-electron chi connectivity index (χ1n) is 31.5. The summed E-state index contributed by atoms with van der Waals surface area (Å²) >= 11 is 0. The molecule has 0 spiro atoms. The number of aromatic nitrogens is 4. The summed E-state index contributed by atoms with van der Waals surface area (Å²) in [5.74, 6) is 0. The predicted molar refractivity (Wildman–Crippen MR) is 370 cm³/mol. The van der Waals surface area contributed by atoms with Gasteiger partial charge in [-0.25, -0.2) is 62.5 Å². The van der Waals surface area contributed by atoms with Gasteiger partial charge in [-0.3, -0.25) is 0 Å². The Labute approximate surface area is 562 Å². The number of nitrogens with one attached hydrogen (secondary N) is 4. The molecular formula is C68H84N12O8S4Zn. The molecule has 3 aromatic heterocycles. The van der Waals surface area contributed by atoms with Gasteiger partial charge >= 0.3 is 19.5 Å². The molecule has 0 unspecified atom stereocenters. The fourth-order valence-electron chi connectivity index (χ4n) is 11.3. The average Bonchev–Trinajstić information content (AvgIpc) is 1.65. The van der Waals surface area contributed by atoms with Crippen LogP contribution in [-0.4, -0.2) is 168 Å². The molecular weight excluding hydrogens is 1310 g/mol. The van der Waals surface area contributed by atoms with Crippen molar-refractivity contribution in [2.75, 3.05) is 105 Å². The minimum absolute atomic E-state index is 0.